The van der Waals surface area contributed by atoms with E-state index in [-0.39, 0.29) is 25.7 Å². The quantitative estimate of drug-likeness (QED) is 0.102. The number of azide groups is 3. The van der Waals surface area contributed by atoms with Gasteiger partial charge in [-0.25, -0.2) is 22.8 Å². The number of halogens is 3. The second-order valence-electron chi connectivity index (χ2n) is 14.3. The first-order chi connectivity index (χ1) is 29.5. The average molecular weight is 882 g/mol. The Bertz CT molecular complexity index is 2440. The zero-order chi connectivity index (χ0) is 45.6. The first-order valence-corrected chi connectivity index (χ1v) is 18.2. The van der Waals surface area contributed by atoms with Gasteiger partial charge in [0.05, 0.1) is 32.8 Å². The van der Waals surface area contributed by atoms with Gasteiger partial charge in [0.15, 0.2) is 37.2 Å². The standard InChI is InChI=1S/C11H14FN5O4.C11H12FN5O3.C10H12FN5O5/c1-6-8(12)9(17-3-2-7(19)15-10(17)20)21-11(6,5-18)4-14-16-13;1-6-8(12)9-17-3-2-7(18)15-10(17)19-5-11(6,20-9)4-14-16-13;11-6-7(19)10(4-17,3-13-15-12)21-8(6)16-2-1-5(18)14-9(16)20/h2-3,6,8-9,18H,4-5H2,1H3,(H,15,19,20);2-3,6,8-9H,4-5H2,1H3;1-2,6-8,17,19H,3-4H2,(H,14,18,20)/t2*6-,8+,9+,11+;6-,7+,8-,10-/m001/s1. The number of alkyl halides is 3. The lowest BCUT2D eigenvalue weighted by atomic mass is 9.88. The highest BCUT2D eigenvalue weighted by Gasteiger charge is 2.57. The number of hydrogen-bond donors (Lipinski definition) is 5. The predicted molar refractivity (Wildman–Crippen MR) is 200 cm³/mol. The lowest BCUT2D eigenvalue weighted by Gasteiger charge is -2.29. The Morgan fingerprint density at radius 3 is 1.73 bits per heavy atom. The van der Waals surface area contributed by atoms with E-state index < -0.39 is 120 Å². The molecule has 0 saturated carbocycles. The third-order valence-corrected chi connectivity index (χ3v) is 10.9. The molecule has 0 amide bonds. The van der Waals surface area contributed by atoms with Crippen molar-refractivity contribution in [3.8, 4) is 6.01 Å². The van der Waals surface area contributed by atoms with Crippen molar-refractivity contribution in [2.75, 3.05) is 39.5 Å². The maximum atomic E-state index is 14.5. The van der Waals surface area contributed by atoms with E-state index in [1.165, 1.54) is 23.8 Å². The molecule has 0 aliphatic carbocycles. The van der Waals surface area contributed by atoms with E-state index in [1.807, 2.05) is 9.97 Å². The number of fused-ring (bicyclic) bond motifs is 4. The molecule has 3 aromatic heterocycles. The predicted octanol–water partition coefficient (Wildman–Crippen LogP) is 0.0746. The van der Waals surface area contributed by atoms with Crippen LogP contribution in [0.1, 0.15) is 32.5 Å². The number of rotatable bonds is 10. The Kier molecular flexibility index (Phi) is 14.3. The largest absolute Gasteiger partial charge is 0.461 e. The molecule has 27 nitrogen and oxygen atoms in total. The zero-order valence-corrected chi connectivity index (χ0v) is 32.4. The van der Waals surface area contributed by atoms with Crippen LogP contribution in [0.3, 0.4) is 0 Å². The van der Waals surface area contributed by atoms with Crippen molar-refractivity contribution in [3.63, 3.8) is 0 Å². The number of aromatic nitrogens is 6. The van der Waals surface area contributed by atoms with Crippen LogP contribution >= 0.6 is 0 Å². The van der Waals surface area contributed by atoms with E-state index in [4.69, 9.17) is 35.5 Å². The van der Waals surface area contributed by atoms with Gasteiger partial charge in [-0.2, -0.15) is 4.98 Å². The van der Waals surface area contributed by atoms with Crippen molar-refractivity contribution in [3.05, 3.63) is 120 Å². The number of nitrogens with zero attached hydrogens (tertiary/aromatic N) is 13. The van der Waals surface area contributed by atoms with Gasteiger partial charge in [0.1, 0.15) is 29.5 Å². The third-order valence-electron chi connectivity index (χ3n) is 10.9. The fourth-order valence-electron chi connectivity index (χ4n) is 7.06. The average Bonchev–Trinajstić information content (AvgIpc) is 3.70. The summed E-state index contributed by atoms with van der Waals surface area (Å²) in [6, 6.07) is 3.27. The molecule has 7 rings (SSSR count). The van der Waals surface area contributed by atoms with Crippen LogP contribution in [0.5, 0.6) is 6.01 Å². The topological polar surface area (TPSA) is 389 Å². The monoisotopic (exact) mass is 881 g/mol. The number of aliphatic hydroxyl groups excluding tert-OH is 3. The third kappa shape index (κ3) is 8.94. The van der Waals surface area contributed by atoms with Crippen LogP contribution in [-0.2, 0) is 14.2 Å². The molecule has 0 aromatic carbocycles. The number of aromatic amines is 2. The fourth-order valence-corrected chi connectivity index (χ4v) is 7.06. The molecule has 3 aromatic rings. The maximum absolute atomic E-state index is 14.5. The van der Waals surface area contributed by atoms with Crippen LogP contribution in [0.15, 0.2) is 76.1 Å². The van der Waals surface area contributed by atoms with E-state index in [9.17, 15) is 52.5 Å². The van der Waals surface area contributed by atoms with Gasteiger partial charge in [0.2, 0.25) is 0 Å². The minimum Gasteiger partial charge on any atom is -0.461 e. The van der Waals surface area contributed by atoms with Crippen molar-refractivity contribution in [2.45, 2.75) is 74.0 Å². The van der Waals surface area contributed by atoms with Crippen molar-refractivity contribution >= 4 is 0 Å². The van der Waals surface area contributed by atoms with Crippen molar-refractivity contribution in [1.29, 1.82) is 0 Å². The zero-order valence-electron chi connectivity index (χ0n) is 32.4. The first-order valence-electron chi connectivity index (χ1n) is 18.2. The smallest absolute Gasteiger partial charge is 0.330 e. The van der Waals surface area contributed by atoms with Crippen LogP contribution in [0, 0.1) is 11.8 Å². The van der Waals surface area contributed by atoms with Gasteiger partial charge in [-0.3, -0.25) is 38.1 Å². The molecule has 3 saturated heterocycles. The highest BCUT2D eigenvalue weighted by Crippen LogP contribution is 2.47. The van der Waals surface area contributed by atoms with Gasteiger partial charge < -0.3 is 34.3 Å². The lowest BCUT2D eigenvalue weighted by Crippen LogP contribution is -2.48. The molecule has 2 bridgehead atoms. The van der Waals surface area contributed by atoms with E-state index in [0.717, 1.165) is 33.7 Å². The van der Waals surface area contributed by atoms with Crippen LogP contribution in [0.2, 0.25) is 0 Å². The van der Waals surface area contributed by atoms with Crippen molar-refractivity contribution in [1.82, 2.24) is 28.7 Å². The van der Waals surface area contributed by atoms with E-state index in [1.54, 1.807) is 6.92 Å². The summed E-state index contributed by atoms with van der Waals surface area (Å²) >= 11 is 0. The molecule has 0 unspecified atom stereocenters. The molecule has 12 atom stereocenters. The molecule has 3 fully saturated rings. The summed E-state index contributed by atoms with van der Waals surface area (Å²) in [6.45, 7) is 0.935. The van der Waals surface area contributed by atoms with Gasteiger partial charge in [-0.15, -0.1) is 0 Å². The number of aliphatic hydroxyl groups is 3. The number of H-pyrrole nitrogens is 2. The summed E-state index contributed by atoms with van der Waals surface area (Å²) in [5.41, 5.74) is 17.3. The van der Waals surface area contributed by atoms with Gasteiger partial charge >= 0.3 is 17.4 Å². The highest BCUT2D eigenvalue weighted by atomic mass is 19.1. The molecule has 0 radical (unpaired) electrons. The molecule has 5 N–H and O–H groups in total. The highest BCUT2D eigenvalue weighted by molar-refractivity contribution is 5.11. The first kappa shape index (κ1) is 46.6. The minimum atomic E-state index is -2.06. The molecule has 4 aliphatic rings. The van der Waals surface area contributed by atoms with Crippen LogP contribution in [0.25, 0.3) is 31.3 Å². The van der Waals surface area contributed by atoms with Crippen molar-refractivity contribution in [2.24, 2.45) is 27.2 Å². The number of hydrogen-bond acceptors (Lipinski definition) is 16. The molecular formula is C32H38F3N15O12. The maximum Gasteiger partial charge on any atom is 0.330 e. The van der Waals surface area contributed by atoms with Crippen LogP contribution in [0.4, 0.5) is 13.2 Å². The van der Waals surface area contributed by atoms with Crippen molar-refractivity contribution < 1.29 is 47.4 Å². The Morgan fingerprint density at radius 1 is 0.726 bits per heavy atom. The molecule has 30 heteroatoms. The summed E-state index contributed by atoms with van der Waals surface area (Å²) in [6.07, 6.45) is -7.10. The fraction of sp³-hybridized carbons (Fsp3) is 0.625. The Balaban J connectivity index is 0.000000176. The summed E-state index contributed by atoms with van der Waals surface area (Å²) in [7, 11) is 0. The SMILES string of the molecule is C[C@H]1[C@@H](F)[C@H](n2ccc(=O)[nH]c2=O)O[C@@]1(CO)CN=[N+]=[N-].C[C@H]1[C@@H](F)[C@H]2O[C@]1(CN=[N+]=[N-])COc1nc(=O)ccn12.[N-]=[N+]=NC[C@]1(CO)O[C@@H](n2ccc(=O)[nH]c2=O)[C@H](F)[C@@H]1O. The Morgan fingerprint density at radius 2 is 1.19 bits per heavy atom. The van der Waals surface area contributed by atoms with E-state index >= 15 is 0 Å². The van der Waals surface area contributed by atoms with Gasteiger partial charge in [-0.1, -0.05) is 29.2 Å². The van der Waals surface area contributed by atoms with E-state index in [2.05, 4.69) is 35.1 Å². The van der Waals surface area contributed by atoms with E-state index in [0.29, 0.717) is 0 Å². The van der Waals surface area contributed by atoms with Crippen LogP contribution < -0.4 is 32.8 Å². The van der Waals surface area contributed by atoms with Gasteiger partial charge in [-0.05, 0) is 16.6 Å². The summed E-state index contributed by atoms with van der Waals surface area (Å²) in [5.74, 6) is -1.32. The second kappa shape index (κ2) is 19.1. The molecule has 62 heavy (non-hydrogen) atoms. The summed E-state index contributed by atoms with van der Waals surface area (Å²) in [5, 5.41) is 38.7. The second-order valence-corrected chi connectivity index (χ2v) is 14.3. The lowest BCUT2D eigenvalue weighted by molar-refractivity contribution is -0.122. The summed E-state index contributed by atoms with van der Waals surface area (Å²) in [4.78, 5) is 71.9. The Hall–Kier alpha value is -6.48. The molecule has 4 aliphatic heterocycles. The number of ether oxygens (including phenoxy) is 4. The number of nitrogens with one attached hydrogen (secondary N) is 2. The minimum absolute atomic E-state index is 0.0138. The molecule has 0 spiro atoms. The van der Waals surface area contributed by atoms with Crippen LogP contribution in [-0.4, -0.2) is 125 Å². The molecule has 334 valence electrons. The normalized spacial score (nSPS) is 32.7. The Labute approximate surface area is 342 Å². The molecule has 7 heterocycles. The summed E-state index contributed by atoms with van der Waals surface area (Å²) < 4.78 is 68.0. The van der Waals surface area contributed by atoms with Gasteiger partial charge in [0.25, 0.3) is 16.7 Å². The van der Waals surface area contributed by atoms with Gasteiger partial charge in [0, 0.05) is 63.4 Å². The molecular weight excluding hydrogens is 843 g/mol.